The summed E-state index contributed by atoms with van der Waals surface area (Å²) in [7, 11) is 0. The van der Waals surface area contributed by atoms with Gasteiger partial charge in [0, 0.05) is 5.69 Å². The van der Waals surface area contributed by atoms with Gasteiger partial charge in [-0.15, -0.1) is 0 Å². The van der Waals surface area contributed by atoms with Crippen LogP contribution < -0.4 is 10.5 Å². The van der Waals surface area contributed by atoms with Crippen LogP contribution in [-0.4, -0.2) is 0 Å². The fourth-order valence-electron chi connectivity index (χ4n) is 1.57. The lowest BCUT2D eigenvalue weighted by molar-refractivity contribution is 0.306. The van der Waals surface area contributed by atoms with Crippen LogP contribution in [0.25, 0.3) is 0 Å². The SMILES string of the molecule is Cc1ccc(Cl)c(OCc2cccc(N)c2)c1. The number of nitrogen functional groups attached to an aromatic ring is 1. The third-order valence-electron chi connectivity index (χ3n) is 2.43. The number of halogens is 1. The van der Waals surface area contributed by atoms with E-state index >= 15 is 0 Å². The van der Waals surface area contributed by atoms with Gasteiger partial charge >= 0.3 is 0 Å². The second-order valence-corrected chi connectivity index (χ2v) is 4.37. The van der Waals surface area contributed by atoms with Crippen molar-refractivity contribution < 1.29 is 4.74 Å². The fourth-order valence-corrected chi connectivity index (χ4v) is 1.74. The molecule has 2 N–H and O–H groups in total. The monoisotopic (exact) mass is 247 g/mol. The van der Waals surface area contributed by atoms with Gasteiger partial charge in [-0.3, -0.25) is 0 Å². The summed E-state index contributed by atoms with van der Waals surface area (Å²) >= 11 is 6.04. The number of aryl methyl sites for hydroxylation is 1. The highest BCUT2D eigenvalue weighted by Gasteiger charge is 2.02. The summed E-state index contributed by atoms with van der Waals surface area (Å²) in [6.45, 7) is 2.47. The van der Waals surface area contributed by atoms with Gasteiger partial charge in [-0.2, -0.15) is 0 Å². The molecule has 0 radical (unpaired) electrons. The molecule has 2 nitrogen and oxygen atoms in total. The molecule has 0 aliphatic rings. The highest BCUT2D eigenvalue weighted by Crippen LogP contribution is 2.26. The Labute approximate surface area is 106 Å². The lowest BCUT2D eigenvalue weighted by Gasteiger charge is -2.09. The van der Waals surface area contributed by atoms with Crippen LogP contribution in [0.1, 0.15) is 11.1 Å². The summed E-state index contributed by atoms with van der Waals surface area (Å²) < 4.78 is 5.67. The second kappa shape index (κ2) is 5.11. The van der Waals surface area contributed by atoms with Gasteiger partial charge in [-0.1, -0.05) is 29.8 Å². The molecule has 0 aliphatic carbocycles. The van der Waals surface area contributed by atoms with Gasteiger partial charge in [-0.05, 0) is 42.3 Å². The molecule has 2 rings (SSSR count). The highest BCUT2D eigenvalue weighted by atomic mass is 35.5. The fraction of sp³-hybridized carbons (Fsp3) is 0.143. The molecule has 0 unspecified atom stereocenters. The van der Waals surface area contributed by atoms with Crippen LogP contribution in [0.4, 0.5) is 5.69 Å². The third-order valence-corrected chi connectivity index (χ3v) is 2.74. The van der Waals surface area contributed by atoms with E-state index < -0.39 is 0 Å². The molecule has 0 fully saturated rings. The molecule has 2 aromatic rings. The summed E-state index contributed by atoms with van der Waals surface area (Å²) in [5.41, 5.74) is 8.59. The Morgan fingerprint density at radius 3 is 2.76 bits per heavy atom. The van der Waals surface area contributed by atoms with Gasteiger partial charge in [0.2, 0.25) is 0 Å². The van der Waals surface area contributed by atoms with Crippen molar-refractivity contribution in [2.75, 3.05) is 5.73 Å². The average Bonchev–Trinajstić information content (AvgIpc) is 2.30. The van der Waals surface area contributed by atoms with Crippen LogP contribution in [0.15, 0.2) is 42.5 Å². The van der Waals surface area contributed by atoms with Crippen LogP contribution in [0, 0.1) is 6.92 Å². The summed E-state index contributed by atoms with van der Waals surface area (Å²) in [6, 6.07) is 13.3. The first-order valence-corrected chi connectivity index (χ1v) is 5.76. The summed E-state index contributed by atoms with van der Waals surface area (Å²) in [5.74, 6) is 0.703. The van der Waals surface area contributed by atoms with Gasteiger partial charge in [-0.25, -0.2) is 0 Å². The number of hydrogen-bond donors (Lipinski definition) is 1. The zero-order chi connectivity index (χ0) is 12.3. The molecule has 3 heteroatoms. The predicted octanol–water partition coefficient (Wildman–Crippen LogP) is 3.81. The van der Waals surface area contributed by atoms with E-state index in [-0.39, 0.29) is 0 Å². The Morgan fingerprint density at radius 2 is 2.00 bits per heavy atom. The normalized spacial score (nSPS) is 10.2. The van der Waals surface area contributed by atoms with Crippen molar-refractivity contribution in [3.8, 4) is 5.75 Å². The van der Waals surface area contributed by atoms with Crippen LogP contribution in [0.3, 0.4) is 0 Å². The highest BCUT2D eigenvalue weighted by molar-refractivity contribution is 6.32. The maximum absolute atomic E-state index is 6.04. The van der Waals surface area contributed by atoms with Crippen LogP contribution in [0.2, 0.25) is 5.02 Å². The molecule has 0 bridgehead atoms. The summed E-state index contributed by atoms with van der Waals surface area (Å²) in [6.07, 6.45) is 0. The van der Waals surface area contributed by atoms with E-state index in [1.807, 2.05) is 49.4 Å². The van der Waals surface area contributed by atoms with Gasteiger partial charge in [0.25, 0.3) is 0 Å². The number of rotatable bonds is 3. The maximum atomic E-state index is 6.04. The number of anilines is 1. The third kappa shape index (κ3) is 3.14. The molecule has 0 amide bonds. The van der Waals surface area contributed by atoms with E-state index in [0.717, 1.165) is 16.8 Å². The van der Waals surface area contributed by atoms with Crippen molar-refractivity contribution in [2.24, 2.45) is 0 Å². The smallest absolute Gasteiger partial charge is 0.138 e. The Hall–Kier alpha value is -1.67. The molecule has 0 spiro atoms. The van der Waals surface area contributed by atoms with Gasteiger partial charge in [0.1, 0.15) is 12.4 Å². The van der Waals surface area contributed by atoms with Gasteiger partial charge in [0.05, 0.1) is 5.02 Å². The van der Waals surface area contributed by atoms with E-state index in [1.165, 1.54) is 0 Å². The summed E-state index contributed by atoms with van der Waals surface area (Å²) in [4.78, 5) is 0. The standard InChI is InChI=1S/C14H14ClNO/c1-10-5-6-13(15)14(7-10)17-9-11-3-2-4-12(16)8-11/h2-8H,9,16H2,1H3. The minimum atomic E-state index is 0.466. The van der Waals surface area contributed by atoms with Crippen LogP contribution in [-0.2, 0) is 6.61 Å². The molecule has 0 aromatic heterocycles. The molecular formula is C14H14ClNO. The molecule has 0 heterocycles. The summed E-state index contributed by atoms with van der Waals surface area (Å²) in [5, 5.41) is 0.625. The Bertz CT molecular complexity index is 525. The minimum absolute atomic E-state index is 0.466. The first kappa shape index (κ1) is 11.8. The topological polar surface area (TPSA) is 35.2 Å². The Kier molecular flexibility index (Phi) is 3.55. The zero-order valence-corrected chi connectivity index (χ0v) is 10.4. The first-order chi connectivity index (χ1) is 8.15. The van der Waals surface area contributed by atoms with Gasteiger partial charge in [0.15, 0.2) is 0 Å². The zero-order valence-electron chi connectivity index (χ0n) is 9.61. The van der Waals surface area contributed by atoms with Crippen LogP contribution >= 0.6 is 11.6 Å². The van der Waals surface area contributed by atoms with Gasteiger partial charge < -0.3 is 10.5 Å². The minimum Gasteiger partial charge on any atom is -0.487 e. The predicted molar refractivity (Wildman–Crippen MR) is 71.4 cm³/mol. The van der Waals surface area contributed by atoms with E-state index in [9.17, 15) is 0 Å². The molecule has 0 saturated heterocycles. The van der Waals surface area contributed by atoms with Crippen molar-refractivity contribution in [1.82, 2.24) is 0 Å². The van der Waals surface area contributed by atoms with Crippen molar-refractivity contribution in [3.05, 3.63) is 58.6 Å². The molecule has 0 atom stereocenters. The van der Waals surface area contributed by atoms with Crippen molar-refractivity contribution >= 4 is 17.3 Å². The van der Waals surface area contributed by atoms with E-state index in [0.29, 0.717) is 17.4 Å². The molecule has 2 aromatic carbocycles. The van der Waals surface area contributed by atoms with E-state index in [1.54, 1.807) is 0 Å². The van der Waals surface area contributed by atoms with Crippen molar-refractivity contribution in [1.29, 1.82) is 0 Å². The molecular weight excluding hydrogens is 234 g/mol. The molecule has 0 saturated carbocycles. The lowest BCUT2D eigenvalue weighted by Crippen LogP contribution is -1.97. The number of benzene rings is 2. The number of nitrogens with two attached hydrogens (primary N) is 1. The largest absolute Gasteiger partial charge is 0.487 e. The lowest BCUT2D eigenvalue weighted by atomic mass is 10.2. The number of hydrogen-bond acceptors (Lipinski definition) is 2. The average molecular weight is 248 g/mol. The Morgan fingerprint density at radius 1 is 1.18 bits per heavy atom. The van der Waals surface area contributed by atoms with Crippen LogP contribution in [0.5, 0.6) is 5.75 Å². The number of ether oxygens (including phenoxy) is 1. The van der Waals surface area contributed by atoms with E-state index in [4.69, 9.17) is 22.1 Å². The second-order valence-electron chi connectivity index (χ2n) is 3.97. The Balaban J connectivity index is 2.09. The van der Waals surface area contributed by atoms with Crippen molar-refractivity contribution in [2.45, 2.75) is 13.5 Å². The molecule has 88 valence electrons. The molecule has 17 heavy (non-hydrogen) atoms. The maximum Gasteiger partial charge on any atom is 0.138 e. The quantitative estimate of drug-likeness (QED) is 0.837. The molecule has 0 aliphatic heterocycles. The van der Waals surface area contributed by atoms with Crippen molar-refractivity contribution in [3.63, 3.8) is 0 Å². The first-order valence-electron chi connectivity index (χ1n) is 5.38. The van der Waals surface area contributed by atoms with E-state index in [2.05, 4.69) is 0 Å².